The lowest BCUT2D eigenvalue weighted by Gasteiger charge is -2.18. The first-order valence-electron chi connectivity index (χ1n) is 28.8. The van der Waals surface area contributed by atoms with Crippen LogP contribution in [0.4, 0.5) is 0 Å². The van der Waals surface area contributed by atoms with Gasteiger partial charge in [0.25, 0.3) is 0 Å². The molecule has 0 N–H and O–H groups in total. The molecule has 2 unspecified atom stereocenters. The van der Waals surface area contributed by atoms with Gasteiger partial charge in [0.1, 0.15) is 13.2 Å². The van der Waals surface area contributed by atoms with Crippen LogP contribution in [0.1, 0.15) is 324 Å². The zero-order chi connectivity index (χ0) is 46.8. The van der Waals surface area contributed by atoms with Crippen LogP contribution >= 0.6 is 0 Å². The Bertz CT molecular complexity index is 982. The number of hydrogen-bond donors (Lipinski definition) is 0. The van der Waals surface area contributed by atoms with E-state index in [-0.39, 0.29) is 31.1 Å². The Kier molecular flexibility index (Phi) is 49.6. The van der Waals surface area contributed by atoms with Crippen LogP contribution < -0.4 is 0 Å². The van der Waals surface area contributed by atoms with E-state index in [1.54, 1.807) is 0 Å². The Morgan fingerprint density at radius 3 is 0.812 bits per heavy atom. The van der Waals surface area contributed by atoms with Crippen LogP contribution in [0.25, 0.3) is 0 Å². The molecule has 64 heavy (non-hydrogen) atoms. The number of esters is 3. The molecule has 6 heteroatoms. The molecule has 0 saturated carbocycles. The van der Waals surface area contributed by atoms with Crippen molar-refractivity contribution in [1.82, 2.24) is 0 Å². The van der Waals surface area contributed by atoms with E-state index in [1.165, 1.54) is 212 Å². The molecule has 0 fully saturated rings. The van der Waals surface area contributed by atoms with Gasteiger partial charge in [-0.3, -0.25) is 14.4 Å². The number of ether oxygens (including phenoxy) is 3. The predicted octanol–water partition coefficient (Wildman–Crippen LogP) is 18.9. The second kappa shape index (κ2) is 50.8. The molecule has 0 spiro atoms. The predicted molar refractivity (Wildman–Crippen MR) is 275 cm³/mol. The second-order valence-corrected chi connectivity index (χ2v) is 20.4. The van der Waals surface area contributed by atoms with Gasteiger partial charge in [0.15, 0.2) is 6.10 Å². The van der Waals surface area contributed by atoms with E-state index >= 15 is 0 Å². The van der Waals surface area contributed by atoms with Crippen LogP contribution in [0.2, 0.25) is 0 Å². The van der Waals surface area contributed by atoms with Crippen molar-refractivity contribution in [2.45, 2.75) is 330 Å². The molecule has 380 valence electrons. The van der Waals surface area contributed by atoms with Gasteiger partial charge in [-0.15, -0.1) is 0 Å². The molecule has 0 aromatic carbocycles. The van der Waals surface area contributed by atoms with Gasteiger partial charge in [-0.05, 0) is 31.1 Å². The van der Waals surface area contributed by atoms with E-state index in [9.17, 15) is 14.4 Å². The van der Waals surface area contributed by atoms with Crippen molar-refractivity contribution in [1.29, 1.82) is 0 Å². The molecule has 0 aliphatic rings. The van der Waals surface area contributed by atoms with Crippen LogP contribution in [0.3, 0.4) is 0 Å². The molecule has 6 nitrogen and oxygen atoms in total. The Hall–Kier alpha value is -1.59. The summed E-state index contributed by atoms with van der Waals surface area (Å²) in [5, 5.41) is 0. The molecule has 0 rings (SSSR count). The molecule has 0 bridgehead atoms. The second-order valence-electron chi connectivity index (χ2n) is 20.4. The molecule has 0 aromatic heterocycles. The fourth-order valence-electron chi connectivity index (χ4n) is 8.81. The van der Waals surface area contributed by atoms with Gasteiger partial charge in [-0.1, -0.05) is 285 Å². The Balaban J connectivity index is 4.30. The lowest BCUT2D eigenvalue weighted by atomic mass is 9.99. The van der Waals surface area contributed by atoms with Gasteiger partial charge in [0.2, 0.25) is 0 Å². The van der Waals surface area contributed by atoms with Crippen LogP contribution in [0, 0.1) is 11.8 Å². The van der Waals surface area contributed by atoms with Crippen molar-refractivity contribution in [2.75, 3.05) is 13.2 Å². The van der Waals surface area contributed by atoms with Crippen LogP contribution in [-0.2, 0) is 28.6 Å². The van der Waals surface area contributed by atoms with Crippen molar-refractivity contribution in [3.8, 4) is 0 Å². The van der Waals surface area contributed by atoms with E-state index in [1.807, 2.05) is 0 Å². The minimum atomic E-state index is -0.763. The highest BCUT2D eigenvalue weighted by Gasteiger charge is 2.19. The summed E-state index contributed by atoms with van der Waals surface area (Å²) in [5.41, 5.74) is 0. The summed E-state index contributed by atoms with van der Waals surface area (Å²) in [6.07, 6.45) is 53.6. The highest BCUT2D eigenvalue weighted by molar-refractivity contribution is 5.71. The van der Waals surface area contributed by atoms with Crippen molar-refractivity contribution in [3.05, 3.63) is 0 Å². The first kappa shape index (κ1) is 62.4. The largest absolute Gasteiger partial charge is 0.462 e. The third kappa shape index (κ3) is 48.3. The van der Waals surface area contributed by atoms with E-state index in [2.05, 4.69) is 34.6 Å². The maximum absolute atomic E-state index is 12.8. The summed E-state index contributed by atoms with van der Waals surface area (Å²) < 4.78 is 16.9. The van der Waals surface area contributed by atoms with Gasteiger partial charge in [0.05, 0.1) is 0 Å². The van der Waals surface area contributed by atoms with Crippen molar-refractivity contribution in [2.24, 2.45) is 11.8 Å². The molecular weight excluding hydrogens is 793 g/mol. The summed E-state index contributed by atoms with van der Waals surface area (Å²) in [6.45, 7) is 11.5. The molecule has 0 heterocycles. The first-order chi connectivity index (χ1) is 31.3. The van der Waals surface area contributed by atoms with Crippen molar-refractivity contribution in [3.63, 3.8) is 0 Å². The molecule has 3 atom stereocenters. The summed E-state index contributed by atoms with van der Waals surface area (Å²) in [5.74, 6) is 0.923. The van der Waals surface area contributed by atoms with E-state index in [4.69, 9.17) is 14.2 Å². The standard InChI is InChI=1S/C58H112O6/c1-6-9-10-11-12-13-14-15-19-22-28-33-38-43-48-56(59)62-51-55(64-58(61)50-45-40-35-30-25-24-27-32-37-42-47-54(5)8-3)52-63-57(60)49-44-39-34-29-23-20-17-16-18-21-26-31-36-41-46-53(4)7-2/h53-55H,6-52H2,1-5H3/t53?,54?,55-/m1/s1. The number of carbonyl (C=O) groups is 3. The quantitative estimate of drug-likeness (QED) is 0.0344. The fraction of sp³-hybridized carbons (Fsp3) is 0.948. The molecule has 0 radical (unpaired) electrons. The fourth-order valence-corrected chi connectivity index (χ4v) is 8.81. The maximum atomic E-state index is 12.8. The Labute approximate surface area is 399 Å². The number of unbranched alkanes of at least 4 members (excludes halogenated alkanes) is 35. The first-order valence-corrected chi connectivity index (χ1v) is 28.8. The van der Waals surface area contributed by atoms with Crippen LogP contribution in [0.15, 0.2) is 0 Å². The third-order valence-electron chi connectivity index (χ3n) is 13.9. The lowest BCUT2D eigenvalue weighted by Crippen LogP contribution is -2.30. The monoisotopic (exact) mass is 905 g/mol. The lowest BCUT2D eigenvalue weighted by molar-refractivity contribution is -0.167. The summed E-state index contributed by atoms with van der Waals surface area (Å²) in [4.78, 5) is 38.1. The number of carbonyl (C=O) groups excluding carboxylic acids is 3. The molecule has 0 amide bonds. The van der Waals surface area contributed by atoms with Gasteiger partial charge in [-0.25, -0.2) is 0 Å². The normalized spacial score (nSPS) is 12.9. The third-order valence-corrected chi connectivity index (χ3v) is 13.9. The SMILES string of the molecule is CCCCCCCCCCCCCCCCC(=O)OC[C@H](COC(=O)CCCCCCCCCCCCCCCCC(C)CC)OC(=O)CCCCCCCCCCCCC(C)CC. The average molecular weight is 906 g/mol. The zero-order valence-corrected chi connectivity index (χ0v) is 43.9. The van der Waals surface area contributed by atoms with Gasteiger partial charge in [-0.2, -0.15) is 0 Å². The van der Waals surface area contributed by atoms with Crippen LogP contribution in [0.5, 0.6) is 0 Å². The average Bonchev–Trinajstić information content (AvgIpc) is 3.29. The van der Waals surface area contributed by atoms with Gasteiger partial charge < -0.3 is 14.2 Å². The highest BCUT2D eigenvalue weighted by atomic mass is 16.6. The van der Waals surface area contributed by atoms with Crippen molar-refractivity contribution < 1.29 is 28.6 Å². The van der Waals surface area contributed by atoms with Gasteiger partial charge in [0, 0.05) is 19.3 Å². The Morgan fingerprint density at radius 2 is 0.547 bits per heavy atom. The number of hydrogen-bond acceptors (Lipinski definition) is 6. The molecule has 0 aliphatic carbocycles. The number of rotatable bonds is 52. The summed E-state index contributed by atoms with van der Waals surface area (Å²) >= 11 is 0. The molecule has 0 aliphatic heterocycles. The minimum absolute atomic E-state index is 0.0629. The van der Waals surface area contributed by atoms with Crippen LogP contribution in [-0.4, -0.2) is 37.2 Å². The summed E-state index contributed by atoms with van der Waals surface area (Å²) in [6, 6.07) is 0. The van der Waals surface area contributed by atoms with E-state index < -0.39 is 6.10 Å². The van der Waals surface area contributed by atoms with Crippen molar-refractivity contribution >= 4 is 17.9 Å². The summed E-state index contributed by atoms with van der Waals surface area (Å²) in [7, 11) is 0. The minimum Gasteiger partial charge on any atom is -0.462 e. The highest BCUT2D eigenvalue weighted by Crippen LogP contribution is 2.19. The van der Waals surface area contributed by atoms with E-state index in [0.29, 0.717) is 19.3 Å². The molecular formula is C58H112O6. The smallest absolute Gasteiger partial charge is 0.306 e. The molecule has 0 aromatic rings. The van der Waals surface area contributed by atoms with Gasteiger partial charge >= 0.3 is 17.9 Å². The van der Waals surface area contributed by atoms with E-state index in [0.717, 1.165) is 69.6 Å². The maximum Gasteiger partial charge on any atom is 0.306 e. The topological polar surface area (TPSA) is 78.9 Å². The zero-order valence-electron chi connectivity index (χ0n) is 43.9. The molecule has 0 saturated heterocycles. The Morgan fingerprint density at radius 1 is 0.312 bits per heavy atom.